The standard InChI is InChI=1S/C60H96O6/c1-4-7-10-13-16-19-22-25-27-29-30-31-33-35-38-41-44-47-50-53-59(62)65-56-57(55-64-58(61)52-49-46-43-40-37-34-24-21-18-15-12-9-6-3)66-60(63)54-51-48-45-42-39-36-32-28-26-23-20-17-14-11-8-5-2/h7,9-10,12,15-16,18-19,21,24-25,27,30-31,34-35,37-38,40,43,57H,4-6,8,11,13-14,17,20,22-23,26,28-29,32-33,36,39,41-42,44-56H2,1-3H3/b10-7+,12-9+,18-15+,19-16+,24-21+,27-25+,31-30+,37-34+,38-35+,43-40+. The van der Waals surface area contributed by atoms with E-state index in [0.717, 1.165) is 89.9 Å². The molecule has 0 radical (unpaired) electrons. The molecule has 0 fully saturated rings. The van der Waals surface area contributed by atoms with Gasteiger partial charge in [0.2, 0.25) is 0 Å². The second kappa shape index (κ2) is 53.4. The first-order valence-electron chi connectivity index (χ1n) is 26.6. The Bertz CT molecular complexity index is 1420. The summed E-state index contributed by atoms with van der Waals surface area (Å²) in [6.07, 6.45) is 73.4. The normalized spacial score (nSPS) is 13.1. The van der Waals surface area contributed by atoms with Crippen LogP contribution in [-0.2, 0) is 28.6 Å². The van der Waals surface area contributed by atoms with Crippen molar-refractivity contribution in [3.63, 3.8) is 0 Å². The maximum atomic E-state index is 12.8. The van der Waals surface area contributed by atoms with Crippen LogP contribution in [0.1, 0.15) is 220 Å². The van der Waals surface area contributed by atoms with Crippen molar-refractivity contribution in [3.8, 4) is 0 Å². The van der Waals surface area contributed by atoms with Crippen molar-refractivity contribution in [2.24, 2.45) is 0 Å². The molecular weight excluding hydrogens is 817 g/mol. The van der Waals surface area contributed by atoms with Crippen LogP contribution in [0.4, 0.5) is 0 Å². The van der Waals surface area contributed by atoms with Crippen molar-refractivity contribution in [2.75, 3.05) is 13.2 Å². The molecular formula is C60H96O6. The predicted molar refractivity (Wildman–Crippen MR) is 283 cm³/mol. The summed E-state index contributed by atoms with van der Waals surface area (Å²) in [6.45, 7) is 6.28. The number of carbonyl (C=O) groups excluding carboxylic acids is 3. The fraction of sp³-hybridized carbons (Fsp3) is 0.617. The van der Waals surface area contributed by atoms with Gasteiger partial charge in [-0.1, -0.05) is 245 Å². The van der Waals surface area contributed by atoms with Gasteiger partial charge in [0.15, 0.2) is 6.10 Å². The lowest BCUT2D eigenvalue weighted by atomic mass is 10.0. The van der Waals surface area contributed by atoms with Gasteiger partial charge in [-0.2, -0.15) is 0 Å². The largest absolute Gasteiger partial charge is 0.462 e. The van der Waals surface area contributed by atoms with Gasteiger partial charge in [0.25, 0.3) is 0 Å². The molecule has 0 spiro atoms. The van der Waals surface area contributed by atoms with Crippen molar-refractivity contribution in [1.82, 2.24) is 0 Å². The number of ether oxygens (including phenoxy) is 3. The lowest BCUT2D eigenvalue weighted by molar-refractivity contribution is -0.167. The summed E-state index contributed by atoms with van der Waals surface area (Å²) in [5.41, 5.74) is 0. The number of rotatable bonds is 46. The molecule has 6 heteroatoms. The fourth-order valence-corrected chi connectivity index (χ4v) is 6.91. The van der Waals surface area contributed by atoms with Crippen molar-refractivity contribution in [3.05, 3.63) is 122 Å². The van der Waals surface area contributed by atoms with E-state index in [0.29, 0.717) is 19.3 Å². The zero-order valence-electron chi connectivity index (χ0n) is 42.4. The third kappa shape index (κ3) is 50.8. The van der Waals surface area contributed by atoms with Crippen LogP contribution < -0.4 is 0 Å². The Morgan fingerprint density at radius 3 is 1.15 bits per heavy atom. The Morgan fingerprint density at radius 2 is 0.682 bits per heavy atom. The number of hydrogen-bond donors (Lipinski definition) is 0. The number of allylic oxidation sites excluding steroid dienone is 20. The highest BCUT2D eigenvalue weighted by Gasteiger charge is 2.19. The molecule has 0 heterocycles. The highest BCUT2D eigenvalue weighted by molar-refractivity contribution is 5.71. The van der Waals surface area contributed by atoms with Gasteiger partial charge in [-0.05, 0) is 77.0 Å². The average Bonchev–Trinajstić information content (AvgIpc) is 3.31. The van der Waals surface area contributed by atoms with Crippen LogP contribution >= 0.6 is 0 Å². The Kier molecular flexibility index (Phi) is 50.0. The molecule has 0 aromatic rings. The molecule has 372 valence electrons. The molecule has 0 amide bonds. The lowest BCUT2D eigenvalue weighted by Crippen LogP contribution is -2.30. The van der Waals surface area contributed by atoms with Gasteiger partial charge < -0.3 is 14.2 Å². The molecule has 0 saturated heterocycles. The molecule has 0 aromatic carbocycles. The minimum atomic E-state index is -0.822. The number of esters is 3. The van der Waals surface area contributed by atoms with Gasteiger partial charge in [-0.25, -0.2) is 0 Å². The van der Waals surface area contributed by atoms with E-state index < -0.39 is 6.10 Å². The highest BCUT2D eigenvalue weighted by atomic mass is 16.6. The Hall–Kier alpha value is -4.19. The first-order valence-corrected chi connectivity index (χ1v) is 26.6. The number of carbonyl (C=O) groups is 3. The van der Waals surface area contributed by atoms with Crippen LogP contribution in [0.2, 0.25) is 0 Å². The minimum Gasteiger partial charge on any atom is -0.462 e. The summed E-state index contributed by atoms with van der Waals surface area (Å²) in [5.74, 6) is -1.03. The minimum absolute atomic E-state index is 0.119. The lowest BCUT2D eigenvalue weighted by Gasteiger charge is -2.18. The van der Waals surface area contributed by atoms with Crippen molar-refractivity contribution in [1.29, 1.82) is 0 Å². The second-order valence-electron chi connectivity index (χ2n) is 17.2. The Labute approximate surface area is 405 Å². The number of hydrogen-bond acceptors (Lipinski definition) is 6. The molecule has 66 heavy (non-hydrogen) atoms. The summed E-state index contributed by atoms with van der Waals surface area (Å²) in [5, 5.41) is 0. The first-order chi connectivity index (χ1) is 32.5. The van der Waals surface area contributed by atoms with Crippen LogP contribution in [-0.4, -0.2) is 37.2 Å². The van der Waals surface area contributed by atoms with E-state index in [1.54, 1.807) is 0 Å². The van der Waals surface area contributed by atoms with Gasteiger partial charge in [-0.3, -0.25) is 14.4 Å². The summed E-state index contributed by atoms with van der Waals surface area (Å²) in [6, 6.07) is 0. The average molecular weight is 913 g/mol. The molecule has 0 saturated carbocycles. The van der Waals surface area contributed by atoms with E-state index in [2.05, 4.69) is 87.6 Å². The van der Waals surface area contributed by atoms with Gasteiger partial charge in [0.05, 0.1) is 0 Å². The molecule has 0 aliphatic heterocycles. The van der Waals surface area contributed by atoms with Crippen molar-refractivity contribution < 1.29 is 28.6 Å². The molecule has 0 bridgehead atoms. The maximum absolute atomic E-state index is 12.8. The Balaban J connectivity index is 4.53. The van der Waals surface area contributed by atoms with Gasteiger partial charge >= 0.3 is 17.9 Å². The smallest absolute Gasteiger partial charge is 0.306 e. The SMILES string of the molecule is CC/C=C/C=C/C=C/C=C/C=C/CCCC(=O)OCC(COC(=O)CCCCC/C=C/C/C=C/C/C=C/C/C=C/C/C=C/CC)OC(=O)CCCCCCCCCCCCCCCCCC. The van der Waals surface area contributed by atoms with Crippen LogP contribution in [0.5, 0.6) is 0 Å². The quantitative estimate of drug-likeness (QED) is 0.0199. The molecule has 0 aromatic heterocycles. The summed E-state index contributed by atoms with van der Waals surface area (Å²) in [4.78, 5) is 38.0. The third-order valence-corrected chi connectivity index (χ3v) is 10.8. The summed E-state index contributed by atoms with van der Waals surface area (Å²) in [7, 11) is 0. The molecule has 0 aliphatic rings. The van der Waals surface area contributed by atoms with Gasteiger partial charge in [0.1, 0.15) is 13.2 Å². The zero-order valence-corrected chi connectivity index (χ0v) is 42.4. The topological polar surface area (TPSA) is 78.9 Å². The molecule has 0 rings (SSSR count). The van der Waals surface area contributed by atoms with Gasteiger partial charge in [-0.15, -0.1) is 0 Å². The van der Waals surface area contributed by atoms with Crippen LogP contribution in [0.3, 0.4) is 0 Å². The predicted octanol–water partition coefficient (Wildman–Crippen LogP) is 17.7. The second-order valence-corrected chi connectivity index (χ2v) is 17.2. The van der Waals surface area contributed by atoms with Gasteiger partial charge in [0, 0.05) is 19.3 Å². The molecule has 0 N–H and O–H groups in total. The van der Waals surface area contributed by atoms with Crippen LogP contribution in [0, 0.1) is 0 Å². The summed E-state index contributed by atoms with van der Waals surface area (Å²) < 4.78 is 16.7. The van der Waals surface area contributed by atoms with E-state index in [-0.39, 0.29) is 37.5 Å². The van der Waals surface area contributed by atoms with Crippen molar-refractivity contribution >= 4 is 17.9 Å². The van der Waals surface area contributed by atoms with E-state index in [1.807, 2.05) is 54.7 Å². The van der Waals surface area contributed by atoms with E-state index in [1.165, 1.54) is 83.5 Å². The molecule has 1 unspecified atom stereocenters. The van der Waals surface area contributed by atoms with E-state index in [4.69, 9.17) is 14.2 Å². The van der Waals surface area contributed by atoms with E-state index in [9.17, 15) is 14.4 Å². The molecule has 0 aliphatic carbocycles. The monoisotopic (exact) mass is 913 g/mol. The zero-order chi connectivity index (χ0) is 47.9. The molecule has 6 nitrogen and oxygen atoms in total. The third-order valence-electron chi connectivity index (χ3n) is 10.8. The van der Waals surface area contributed by atoms with Crippen LogP contribution in [0.15, 0.2) is 122 Å². The fourth-order valence-electron chi connectivity index (χ4n) is 6.91. The Morgan fingerprint density at radius 1 is 0.333 bits per heavy atom. The first kappa shape index (κ1) is 61.8. The van der Waals surface area contributed by atoms with E-state index >= 15 is 0 Å². The van der Waals surface area contributed by atoms with Crippen molar-refractivity contribution in [2.45, 2.75) is 226 Å². The maximum Gasteiger partial charge on any atom is 0.306 e. The number of unbranched alkanes of at least 4 members (excludes halogenated alkanes) is 19. The summed E-state index contributed by atoms with van der Waals surface area (Å²) >= 11 is 0. The van der Waals surface area contributed by atoms with Crippen LogP contribution in [0.25, 0.3) is 0 Å². The highest BCUT2D eigenvalue weighted by Crippen LogP contribution is 2.15. The molecule has 1 atom stereocenters.